The summed E-state index contributed by atoms with van der Waals surface area (Å²) in [6, 6.07) is 1.56. The summed E-state index contributed by atoms with van der Waals surface area (Å²) >= 11 is 0. The number of rotatable bonds is 2. The van der Waals surface area contributed by atoms with Crippen molar-refractivity contribution < 1.29 is 0 Å². The molecule has 0 amide bonds. The first-order chi connectivity index (χ1) is 9.40. The van der Waals surface area contributed by atoms with Gasteiger partial charge in [-0.15, -0.1) is 0 Å². The molecular formula is C18H34N2. The minimum atomic E-state index is 0.384. The lowest BCUT2D eigenvalue weighted by atomic mass is 9.78. The molecule has 2 aliphatic carbocycles. The quantitative estimate of drug-likeness (QED) is 0.826. The molecule has 0 aromatic rings. The van der Waals surface area contributed by atoms with Crippen molar-refractivity contribution in [1.82, 2.24) is 10.2 Å². The molecule has 0 aromatic heterocycles. The van der Waals surface area contributed by atoms with Crippen LogP contribution in [0.25, 0.3) is 0 Å². The van der Waals surface area contributed by atoms with E-state index in [1.54, 1.807) is 0 Å². The van der Waals surface area contributed by atoms with Gasteiger partial charge in [-0.05, 0) is 43.9 Å². The van der Waals surface area contributed by atoms with Crippen LogP contribution in [0.4, 0.5) is 0 Å². The van der Waals surface area contributed by atoms with Gasteiger partial charge in [0, 0.05) is 30.7 Å². The van der Waals surface area contributed by atoms with Crippen molar-refractivity contribution in [3.8, 4) is 0 Å². The van der Waals surface area contributed by atoms with Gasteiger partial charge in [-0.1, -0.05) is 40.0 Å². The van der Waals surface area contributed by atoms with Crippen molar-refractivity contribution in [2.75, 3.05) is 13.1 Å². The van der Waals surface area contributed by atoms with Crippen molar-refractivity contribution in [1.29, 1.82) is 0 Å². The Morgan fingerprint density at radius 1 is 1.00 bits per heavy atom. The van der Waals surface area contributed by atoms with Crippen LogP contribution >= 0.6 is 0 Å². The molecule has 2 atom stereocenters. The molecule has 3 rings (SSSR count). The first-order valence-electron chi connectivity index (χ1n) is 8.91. The molecule has 1 N–H and O–H groups in total. The highest BCUT2D eigenvalue weighted by Crippen LogP contribution is 2.44. The molecule has 0 radical (unpaired) electrons. The van der Waals surface area contributed by atoms with Crippen LogP contribution in [0.1, 0.15) is 72.6 Å². The van der Waals surface area contributed by atoms with Crippen LogP contribution in [0.5, 0.6) is 0 Å². The van der Waals surface area contributed by atoms with E-state index >= 15 is 0 Å². The first-order valence-corrected chi connectivity index (χ1v) is 8.91. The third-order valence-corrected chi connectivity index (χ3v) is 6.13. The van der Waals surface area contributed by atoms with Crippen LogP contribution in [0.2, 0.25) is 0 Å². The van der Waals surface area contributed by atoms with Gasteiger partial charge in [0.05, 0.1) is 0 Å². The third kappa shape index (κ3) is 2.92. The van der Waals surface area contributed by atoms with Gasteiger partial charge in [-0.25, -0.2) is 0 Å². The molecule has 3 aliphatic rings. The predicted molar refractivity (Wildman–Crippen MR) is 86.0 cm³/mol. The molecule has 1 heterocycles. The van der Waals surface area contributed by atoms with Gasteiger partial charge in [0.2, 0.25) is 0 Å². The van der Waals surface area contributed by atoms with Crippen LogP contribution < -0.4 is 5.32 Å². The smallest absolute Gasteiger partial charge is 0.0309 e. The summed E-state index contributed by atoms with van der Waals surface area (Å²) in [4.78, 5) is 2.92. The van der Waals surface area contributed by atoms with Gasteiger partial charge in [0.1, 0.15) is 0 Å². The molecule has 2 unspecified atom stereocenters. The molecule has 2 saturated carbocycles. The van der Waals surface area contributed by atoms with E-state index in [1.165, 1.54) is 58.0 Å². The van der Waals surface area contributed by atoms with Crippen molar-refractivity contribution in [3.63, 3.8) is 0 Å². The van der Waals surface area contributed by atoms with Crippen LogP contribution in [-0.4, -0.2) is 35.6 Å². The molecule has 2 nitrogen and oxygen atoms in total. The van der Waals surface area contributed by atoms with Gasteiger partial charge in [0.25, 0.3) is 0 Å². The fourth-order valence-corrected chi connectivity index (χ4v) is 4.59. The number of nitrogens with zero attached hydrogens (tertiary/aromatic N) is 1. The van der Waals surface area contributed by atoms with Crippen molar-refractivity contribution in [2.45, 2.75) is 90.3 Å². The van der Waals surface area contributed by atoms with Gasteiger partial charge < -0.3 is 5.32 Å². The third-order valence-electron chi connectivity index (χ3n) is 6.13. The fourth-order valence-electron chi connectivity index (χ4n) is 4.59. The lowest BCUT2D eigenvalue weighted by molar-refractivity contribution is -0.0198. The standard InChI is InChI=1S/C18H34N2/c1-17(2,3)16-12-19-18(4,14-10-11-14)13-20(16)15-8-6-5-7-9-15/h14-16,19H,5-13H2,1-4H3. The van der Waals surface area contributed by atoms with Gasteiger partial charge in [-0.2, -0.15) is 0 Å². The van der Waals surface area contributed by atoms with Crippen LogP contribution in [0.3, 0.4) is 0 Å². The average molecular weight is 278 g/mol. The second-order valence-electron chi connectivity index (χ2n) is 8.92. The molecule has 0 bridgehead atoms. The molecule has 20 heavy (non-hydrogen) atoms. The molecule has 3 fully saturated rings. The van der Waals surface area contributed by atoms with E-state index in [4.69, 9.17) is 0 Å². The Bertz CT molecular complexity index is 336. The fraction of sp³-hybridized carbons (Fsp3) is 1.00. The highest BCUT2D eigenvalue weighted by Gasteiger charge is 2.49. The second kappa shape index (κ2) is 5.28. The molecule has 1 saturated heterocycles. The van der Waals surface area contributed by atoms with Crippen molar-refractivity contribution in [2.24, 2.45) is 11.3 Å². The summed E-state index contributed by atoms with van der Waals surface area (Å²) in [5.41, 5.74) is 0.772. The molecular weight excluding hydrogens is 244 g/mol. The zero-order valence-corrected chi connectivity index (χ0v) is 14.0. The Morgan fingerprint density at radius 3 is 2.20 bits per heavy atom. The minimum Gasteiger partial charge on any atom is -0.308 e. The normalized spacial score (nSPS) is 38.1. The van der Waals surface area contributed by atoms with E-state index in [0.29, 0.717) is 17.0 Å². The van der Waals surface area contributed by atoms with Crippen LogP contribution in [0, 0.1) is 11.3 Å². The Balaban J connectivity index is 1.77. The molecule has 0 spiro atoms. The van der Waals surface area contributed by atoms with Gasteiger partial charge >= 0.3 is 0 Å². The maximum Gasteiger partial charge on any atom is 0.0309 e. The van der Waals surface area contributed by atoms with E-state index in [0.717, 1.165) is 12.0 Å². The van der Waals surface area contributed by atoms with E-state index in [2.05, 4.69) is 37.9 Å². The number of piperazine rings is 1. The zero-order valence-electron chi connectivity index (χ0n) is 14.0. The summed E-state index contributed by atoms with van der Waals surface area (Å²) in [5, 5.41) is 3.94. The maximum atomic E-state index is 3.94. The summed E-state index contributed by atoms with van der Waals surface area (Å²) in [6.07, 6.45) is 10.1. The Hall–Kier alpha value is -0.0800. The van der Waals surface area contributed by atoms with Crippen LogP contribution in [0.15, 0.2) is 0 Å². The van der Waals surface area contributed by atoms with Crippen molar-refractivity contribution >= 4 is 0 Å². The number of hydrogen-bond donors (Lipinski definition) is 1. The van der Waals surface area contributed by atoms with Gasteiger partial charge in [0.15, 0.2) is 0 Å². The maximum absolute atomic E-state index is 3.94. The lowest BCUT2D eigenvalue weighted by Crippen LogP contribution is -2.68. The summed E-state index contributed by atoms with van der Waals surface area (Å²) < 4.78 is 0. The topological polar surface area (TPSA) is 15.3 Å². The lowest BCUT2D eigenvalue weighted by Gasteiger charge is -2.54. The highest BCUT2D eigenvalue weighted by atomic mass is 15.3. The van der Waals surface area contributed by atoms with E-state index in [-0.39, 0.29) is 0 Å². The molecule has 1 aliphatic heterocycles. The molecule has 0 aromatic carbocycles. The second-order valence-corrected chi connectivity index (χ2v) is 8.92. The van der Waals surface area contributed by atoms with E-state index < -0.39 is 0 Å². The SMILES string of the molecule is CC(C)(C)C1CNC(C)(C2CC2)CN1C1CCCCC1. The summed E-state index contributed by atoms with van der Waals surface area (Å²) in [5.74, 6) is 0.939. The number of hydrogen-bond acceptors (Lipinski definition) is 2. The van der Waals surface area contributed by atoms with Crippen molar-refractivity contribution in [3.05, 3.63) is 0 Å². The molecule has 2 heteroatoms. The average Bonchev–Trinajstić information content (AvgIpc) is 3.23. The van der Waals surface area contributed by atoms with Gasteiger partial charge in [-0.3, -0.25) is 4.90 Å². The Labute approximate surface area is 125 Å². The van der Waals surface area contributed by atoms with E-state index in [1.807, 2.05) is 0 Å². The first kappa shape index (κ1) is 14.8. The largest absolute Gasteiger partial charge is 0.308 e. The minimum absolute atomic E-state index is 0.384. The molecule has 116 valence electrons. The summed E-state index contributed by atoms with van der Waals surface area (Å²) in [6.45, 7) is 12.2. The van der Waals surface area contributed by atoms with Crippen LogP contribution in [-0.2, 0) is 0 Å². The summed E-state index contributed by atoms with van der Waals surface area (Å²) in [7, 11) is 0. The number of nitrogens with one attached hydrogen (secondary N) is 1. The van der Waals surface area contributed by atoms with E-state index in [9.17, 15) is 0 Å². The monoisotopic (exact) mass is 278 g/mol. The predicted octanol–water partition coefficient (Wildman–Crippen LogP) is 3.81. The highest BCUT2D eigenvalue weighted by molar-refractivity contribution is 5.07. The zero-order chi connectivity index (χ0) is 14.4. The Morgan fingerprint density at radius 2 is 1.65 bits per heavy atom. The Kier molecular flexibility index (Phi) is 3.92.